The molecule has 0 aliphatic rings. The van der Waals surface area contributed by atoms with Gasteiger partial charge in [0.25, 0.3) is 0 Å². The summed E-state index contributed by atoms with van der Waals surface area (Å²) in [7, 11) is 0. The van der Waals surface area contributed by atoms with Crippen molar-refractivity contribution in [1.82, 2.24) is 5.32 Å². The van der Waals surface area contributed by atoms with Gasteiger partial charge in [-0.3, -0.25) is 4.79 Å². The van der Waals surface area contributed by atoms with Gasteiger partial charge in [-0.2, -0.15) is 0 Å². The zero-order valence-corrected chi connectivity index (χ0v) is 9.25. The predicted octanol–water partition coefficient (Wildman–Crippen LogP) is 1.27. The number of carbonyl (C=O) groups is 1. The molecule has 3 N–H and O–H groups in total. The molecule has 84 valence electrons. The van der Waals surface area contributed by atoms with E-state index in [1.807, 2.05) is 19.9 Å². The third kappa shape index (κ3) is 4.16. The molecule has 1 heterocycles. The molecule has 0 aliphatic carbocycles. The second-order valence-corrected chi connectivity index (χ2v) is 4.40. The van der Waals surface area contributed by atoms with Gasteiger partial charge in [0.2, 0.25) is 5.91 Å². The van der Waals surface area contributed by atoms with Crippen LogP contribution in [0.5, 0.6) is 0 Å². The third-order valence-electron chi connectivity index (χ3n) is 2.23. The van der Waals surface area contributed by atoms with Crippen LogP contribution in [0, 0.1) is 5.41 Å². The molecule has 0 saturated heterocycles. The van der Waals surface area contributed by atoms with E-state index in [1.54, 1.807) is 12.3 Å². The Labute approximate surface area is 89.8 Å². The van der Waals surface area contributed by atoms with Crippen LogP contribution in [-0.2, 0) is 11.3 Å². The monoisotopic (exact) mass is 210 g/mol. The first-order chi connectivity index (χ1) is 7.03. The first-order valence-electron chi connectivity index (χ1n) is 5.03. The lowest BCUT2D eigenvalue weighted by molar-refractivity contribution is -0.123. The maximum absolute atomic E-state index is 11.5. The zero-order chi connectivity index (χ0) is 11.3. The number of nitrogens with one attached hydrogen (secondary N) is 1. The van der Waals surface area contributed by atoms with E-state index in [0.717, 1.165) is 5.76 Å². The number of amides is 1. The molecule has 0 aliphatic heterocycles. The highest BCUT2D eigenvalue weighted by Gasteiger charge is 2.19. The van der Waals surface area contributed by atoms with Gasteiger partial charge in [-0.25, -0.2) is 0 Å². The fraction of sp³-hybridized carbons (Fsp3) is 0.545. The lowest BCUT2D eigenvalue weighted by Crippen LogP contribution is -2.32. The van der Waals surface area contributed by atoms with Crippen molar-refractivity contribution in [3.63, 3.8) is 0 Å². The van der Waals surface area contributed by atoms with Crippen LogP contribution in [0.4, 0.5) is 0 Å². The van der Waals surface area contributed by atoms with Gasteiger partial charge < -0.3 is 15.5 Å². The first-order valence-corrected chi connectivity index (χ1v) is 5.03. The molecule has 1 aromatic heterocycles. The fourth-order valence-corrected chi connectivity index (χ4v) is 1.17. The summed E-state index contributed by atoms with van der Waals surface area (Å²) in [5.74, 6) is 0.760. The van der Waals surface area contributed by atoms with Crippen molar-refractivity contribution in [2.75, 3.05) is 6.54 Å². The van der Waals surface area contributed by atoms with Crippen LogP contribution < -0.4 is 11.1 Å². The normalized spacial score (nSPS) is 11.4. The molecule has 1 aromatic rings. The van der Waals surface area contributed by atoms with Gasteiger partial charge in [-0.05, 0) is 24.1 Å². The molecule has 0 atom stereocenters. The fourth-order valence-electron chi connectivity index (χ4n) is 1.17. The summed E-state index contributed by atoms with van der Waals surface area (Å²) in [6.07, 6.45) is 2.02. The molecule has 4 nitrogen and oxygen atoms in total. The molecule has 0 radical (unpaired) electrons. The van der Waals surface area contributed by atoms with Crippen molar-refractivity contribution in [1.29, 1.82) is 0 Å². The maximum atomic E-state index is 11.5. The smallest absolute Gasteiger partial charge is 0.220 e. The first kappa shape index (κ1) is 11.8. The summed E-state index contributed by atoms with van der Waals surface area (Å²) in [6, 6.07) is 3.62. The molecule has 0 bridgehead atoms. The van der Waals surface area contributed by atoms with Crippen molar-refractivity contribution in [3.8, 4) is 0 Å². The summed E-state index contributed by atoms with van der Waals surface area (Å²) in [5, 5.41) is 2.79. The number of hydrogen-bond donors (Lipinski definition) is 2. The molecule has 15 heavy (non-hydrogen) atoms. The Bertz CT molecular complexity index is 304. The van der Waals surface area contributed by atoms with Crippen molar-refractivity contribution in [2.45, 2.75) is 26.8 Å². The van der Waals surface area contributed by atoms with Gasteiger partial charge in [0.05, 0.1) is 12.8 Å². The Kier molecular flexibility index (Phi) is 3.91. The number of rotatable bonds is 5. The van der Waals surface area contributed by atoms with E-state index in [0.29, 0.717) is 19.5 Å². The molecular formula is C11H18N2O2. The van der Waals surface area contributed by atoms with E-state index >= 15 is 0 Å². The summed E-state index contributed by atoms with van der Waals surface area (Å²) in [4.78, 5) is 11.5. The SMILES string of the molecule is CC(C)(CN)CC(=O)NCc1ccco1. The van der Waals surface area contributed by atoms with Gasteiger partial charge in [0.15, 0.2) is 0 Å². The Hall–Kier alpha value is -1.29. The van der Waals surface area contributed by atoms with Crippen LogP contribution in [0.3, 0.4) is 0 Å². The van der Waals surface area contributed by atoms with Crippen LogP contribution in [0.15, 0.2) is 22.8 Å². The van der Waals surface area contributed by atoms with Crippen LogP contribution >= 0.6 is 0 Å². The maximum Gasteiger partial charge on any atom is 0.220 e. The highest BCUT2D eigenvalue weighted by atomic mass is 16.3. The van der Waals surface area contributed by atoms with E-state index in [2.05, 4.69) is 5.32 Å². The largest absolute Gasteiger partial charge is 0.467 e. The Balaban J connectivity index is 2.31. The Morgan fingerprint density at radius 1 is 1.60 bits per heavy atom. The highest BCUT2D eigenvalue weighted by molar-refractivity contribution is 5.76. The minimum absolute atomic E-state index is 0.00171. The third-order valence-corrected chi connectivity index (χ3v) is 2.23. The lowest BCUT2D eigenvalue weighted by atomic mass is 9.89. The van der Waals surface area contributed by atoms with Crippen molar-refractivity contribution >= 4 is 5.91 Å². The van der Waals surface area contributed by atoms with Gasteiger partial charge in [0.1, 0.15) is 5.76 Å². The highest BCUT2D eigenvalue weighted by Crippen LogP contribution is 2.17. The summed E-state index contributed by atoms with van der Waals surface area (Å²) in [6.45, 7) is 4.88. The van der Waals surface area contributed by atoms with E-state index < -0.39 is 0 Å². The van der Waals surface area contributed by atoms with Crippen LogP contribution in [0.2, 0.25) is 0 Å². The molecule has 1 rings (SSSR count). The predicted molar refractivity (Wildman–Crippen MR) is 58.0 cm³/mol. The molecule has 0 unspecified atom stereocenters. The minimum Gasteiger partial charge on any atom is -0.467 e. The molecule has 0 fully saturated rings. The average molecular weight is 210 g/mol. The summed E-state index contributed by atoms with van der Waals surface area (Å²) >= 11 is 0. The Morgan fingerprint density at radius 3 is 2.87 bits per heavy atom. The summed E-state index contributed by atoms with van der Waals surface area (Å²) < 4.78 is 5.10. The molecular weight excluding hydrogens is 192 g/mol. The second-order valence-electron chi connectivity index (χ2n) is 4.40. The zero-order valence-electron chi connectivity index (χ0n) is 9.25. The standard InChI is InChI=1S/C11H18N2O2/c1-11(2,8-12)6-10(14)13-7-9-4-3-5-15-9/h3-5H,6-8,12H2,1-2H3,(H,13,14). The van der Waals surface area contributed by atoms with Crippen LogP contribution in [0.25, 0.3) is 0 Å². The van der Waals surface area contributed by atoms with Crippen LogP contribution in [-0.4, -0.2) is 12.5 Å². The van der Waals surface area contributed by atoms with Gasteiger partial charge in [0, 0.05) is 6.42 Å². The van der Waals surface area contributed by atoms with E-state index in [4.69, 9.17) is 10.2 Å². The number of hydrogen-bond acceptors (Lipinski definition) is 3. The van der Waals surface area contributed by atoms with Crippen molar-refractivity contribution in [3.05, 3.63) is 24.2 Å². The number of nitrogens with two attached hydrogens (primary N) is 1. The van der Waals surface area contributed by atoms with Crippen LogP contribution in [0.1, 0.15) is 26.0 Å². The van der Waals surface area contributed by atoms with Gasteiger partial charge in [-0.1, -0.05) is 13.8 Å². The summed E-state index contributed by atoms with van der Waals surface area (Å²) in [5.41, 5.74) is 5.40. The molecule has 4 heteroatoms. The van der Waals surface area contributed by atoms with E-state index in [9.17, 15) is 4.79 Å². The van der Waals surface area contributed by atoms with Gasteiger partial charge >= 0.3 is 0 Å². The lowest BCUT2D eigenvalue weighted by Gasteiger charge is -2.21. The quantitative estimate of drug-likeness (QED) is 0.769. The number of furan rings is 1. The Morgan fingerprint density at radius 2 is 2.33 bits per heavy atom. The van der Waals surface area contributed by atoms with Gasteiger partial charge in [-0.15, -0.1) is 0 Å². The average Bonchev–Trinajstić information content (AvgIpc) is 2.66. The molecule has 0 spiro atoms. The number of carbonyl (C=O) groups excluding carboxylic acids is 1. The minimum atomic E-state index is -0.146. The second kappa shape index (κ2) is 4.98. The van der Waals surface area contributed by atoms with E-state index in [1.165, 1.54) is 0 Å². The van der Waals surface area contributed by atoms with Crippen molar-refractivity contribution < 1.29 is 9.21 Å². The molecule has 0 saturated carbocycles. The van der Waals surface area contributed by atoms with E-state index in [-0.39, 0.29) is 11.3 Å². The molecule has 0 aromatic carbocycles. The molecule has 1 amide bonds. The van der Waals surface area contributed by atoms with Crippen molar-refractivity contribution in [2.24, 2.45) is 11.1 Å². The topological polar surface area (TPSA) is 68.3 Å².